The summed E-state index contributed by atoms with van der Waals surface area (Å²) in [6, 6.07) is 8.39. The number of hydrogen-bond donors (Lipinski definition) is 1. The number of hydrogen-bond acceptors (Lipinski definition) is 5. The number of fused-ring (bicyclic) bond motifs is 1. The highest BCUT2D eigenvalue weighted by Crippen LogP contribution is 2.32. The third-order valence-electron chi connectivity index (χ3n) is 5.78. The highest BCUT2D eigenvalue weighted by molar-refractivity contribution is 6.30. The average Bonchev–Trinajstić information content (AvgIpc) is 2.69. The minimum absolute atomic E-state index is 0.445. The number of nitrogens with one attached hydrogen (secondary N) is 1. The summed E-state index contributed by atoms with van der Waals surface area (Å²) in [6.45, 7) is 7.54. The van der Waals surface area contributed by atoms with E-state index >= 15 is 0 Å². The van der Waals surface area contributed by atoms with Crippen LogP contribution in [0.25, 0.3) is 11.3 Å². The molecule has 0 amide bonds. The van der Waals surface area contributed by atoms with Crippen molar-refractivity contribution >= 4 is 17.4 Å². The van der Waals surface area contributed by atoms with Crippen LogP contribution in [0.2, 0.25) is 5.02 Å². The van der Waals surface area contributed by atoms with Crippen LogP contribution in [0.5, 0.6) is 0 Å². The lowest BCUT2D eigenvalue weighted by molar-refractivity contribution is 0.258. The van der Waals surface area contributed by atoms with Crippen molar-refractivity contribution in [2.24, 2.45) is 0 Å². The molecule has 144 valence electrons. The molecule has 1 fully saturated rings. The SMILES string of the molecule is CCN1CCc2c(-c3ccc(Cl)cc3)nnc(NC3CCCN(C)C3)c2C1. The summed E-state index contributed by atoms with van der Waals surface area (Å²) in [4.78, 5) is 4.87. The van der Waals surface area contributed by atoms with Gasteiger partial charge in [-0.1, -0.05) is 30.7 Å². The van der Waals surface area contributed by atoms with E-state index in [1.165, 1.54) is 30.5 Å². The summed E-state index contributed by atoms with van der Waals surface area (Å²) >= 11 is 6.07. The molecule has 0 radical (unpaired) electrons. The maximum absolute atomic E-state index is 6.07. The van der Waals surface area contributed by atoms with Crippen LogP contribution in [-0.4, -0.2) is 59.3 Å². The first-order valence-electron chi connectivity index (χ1n) is 9.96. The van der Waals surface area contributed by atoms with E-state index in [2.05, 4.69) is 39.3 Å². The molecule has 0 saturated carbocycles. The quantitative estimate of drug-likeness (QED) is 0.869. The van der Waals surface area contributed by atoms with Gasteiger partial charge in [-0.2, -0.15) is 0 Å². The van der Waals surface area contributed by atoms with Crippen LogP contribution < -0.4 is 5.32 Å². The summed E-state index contributed by atoms with van der Waals surface area (Å²) in [7, 11) is 2.19. The highest BCUT2D eigenvalue weighted by Gasteiger charge is 2.26. The first-order chi connectivity index (χ1) is 13.1. The molecule has 3 heterocycles. The Morgan fingerprint density at radius 1 is 1.15 bits per heavy atom. The molecule has 4 rings (SSSR count). The number of benzene rings is 1. The largest absolute Gasteiger partial charge is 0.364 e. The summed E-state index contributed by atoms with van der Waals surface area (Å²) < 4.78 is 0. The predicted octanol–water partition coefficient (Wildman–Crippen LogP) is 3.68. The Labute approximate surface area is 166 Å². The lowest BCUT2D eigenvalue weighted by atomic mass is 9.95. The smallest absolute Gasteiger partial charge is 0.153 e. The Balaban J connectivity index is 1.69. The van der Waals surface area contributed by atoms with Gasteiger partial charge in [0.15, 0.2) is 5.82 Å². The van der Waals surface area contributed by atoms with E-state index < -0.39 is 0 Å². The van der Waals surface area contributed by atoms with Crippen LogP contribution in [-0.2, 0) is 13.0 Å². The minimum atomic E-state index is 0.445. The predicted molar refractivity (Wildman–Crippen MR) is 111 cm³/mol. The molecular formula is C21H28ClN5. The molecule has 1 N–H and O–H groups in total. The van der Waals surface area contributed by atoms with Crippen LogP contribution in [0.1, 0.15) is 30.9 Å². The second-order valence-electron chi connectivity index (χ2n) is 7.73. The van der Waals surface area contributed by atoms with E-state index in [1.807, 2.05) is 24.3 Å². The Morgan fingerprint density at radius 2 is 1.96 bits per heavy atom. The van der Waals surface area contributed by atoms with Gasteiger partial charge >= 0.3 is 0 Å². The van der Waals surface area contributed by atoms with Gasteiger partial charge in [0.25, 0.3) is 0 Å². The van der Waals surface area contributed by atoms with Gasteiger partial charge in [-0.05, 0) is 57.1 Å². The third kappa shape index (κ3) is 4.10. The zero-order valence-electron chi connectivity index (χ0n) is 16.2. The molecule has 1 unspecified atom stereocenters. The van der Waals surface area contributed by atoms with E-state index in [4.69, 9.17) is 11.6 Å². The molecule has 0 spiro atoms. The van der Waals surface area contributed by atoms with Gasteiger partial charge in [-0.25, -0.2) is 0 Å². The number of rotatable bonds is 4. The molecule has 2 aliphatic rings. The van der Waals surface area contributed by atoms with Crippen LogP contribution in [0, 0.1) is 0 Å². The van der Waals surface area contributed by atoms with E-state index in [9.17, 15) is 0 Å². The van der Waals surface area contributed by atoms with Crippen molar-refractivity contribution in [2.75, 3.05) is 38.5 Å². The standard InChI is InChI=1S/C21H28ClN5/c1-3-27-12-10-18-19(14-27)21(23-17-5-4-11-26(2)13-17)25-24-20(18)15-6-8-16(22)9-7-15/h6-9,17H,3-5,10-14H2,1-2H3,(H,23,25). The lowest BCUT2D eigenvalue weighted by Crippen LogP contribution is -2.40. The number of piperidine rings is 1. The Kier molecular flexibility index (Phi) is 5.62. The third-order valence-corrected chi connectivity index (χ3v) is 6.03. The molecule has 5 nitrogen and oxygen atoms in total. The fourth-order valence-corrected chi connectivity index (χ4v) is 4.35. The second-order valence-corrected chi connectivity index (χ2v) is 8.16. The van der Waals surface area contributed by atoms with Gasteiger partial charge < -0.3 is 10.2 Å². The van der Waals surface area contributed by atoms with E-state index in [0.717, 1.165) is 54.7 Å². The highest BCUT2D eigenvalue weighted by atomic mass is 35.5. The number of likely N-dealkylation sites (tertiary alicyclic amines) is 1. The van der Waals surface area contributed by atoms with Crippen molar-refractivity contribution in [1.82, 2.24) is 20.0 Å². The molecule has 0 bridgehead atoms. The topological polar surface area (TPSA) is 44.3 Å². The monoisotopic (exact) mass is 385 g/mol. The fraction of sp³-hybridized carbons (Fsp3) is 0.524. The molecule has 1 aromatic carbocycles. The van der Waals surface area contributed by atoms with Gasteiger partial charge in [0.2, 0.25) is 0 Å². The Morgan fingerprint density at radius 3 is 2.70 bits per heavy atom. The van der Waals surface area contributed by atoms with Gasteiger partial charge in [0.05, 0.1) is 5.69 Å². The van der Waals surface area contributed by atoms with Crippen molar-refractivity contribution < 1.29 is 0 Å². The number of anilines is 1. The van der Waals surface area contributed by atoms with E-state index in [1.54, 1.807) is 0 Å². The van der Waals surface area contributed by atoms with Crippen molar-refractivity contribution in [3.05, 3.63) is 40.4 Å². The molecular weight excluding hydrogens is 358 g/mol. The summed E-state index contributed by atoms with van der Waals surface area (Å²) in [5, 5.41) is 13.7. The fourth-order valence-electron chi connectivity index (χ4n) is 4.22. The molecule has 6 heteroatoms. The van der Waals surface area contributed by atoms with Gasteiger partial charge in [-0.15, -0.1) is 10.2 Å². The van der Waals surface area contributed by atoms with Crippen LogP contribution in [0.15, 0.2) is 24.3 Å². The molecule has 2 aliphatic heterocycles. The minimum Gasteiger partial charge on any atom is -0.364 e. The van der Waals surface area contributed by atoms with Crippen molar-refractivity contribution in [1.29, 1.82) is 0 Å². The summed E-state index contributed by atoms with van der Waals surface area (Å²) in [5.74, 6) is 0.973. The maximum Gasteiger partial charge on any atom is 0.153 e. The normalized spacial score (nSPS) is 21.1. The second kappa shape index (κ2) is 8.13. The Bertz CT molecular complexity index is 792. The number of likely N-dealkylation sites (N-methyl/N-ethyl adjacent to an activating group) is 2. The van der Waals surface area contributed by atoms with Crippen molar-refractivity contribution in [3.8, 4) is 11.3 Å². The summed E-state index contributed by atoms with van der Waals surface area (Å²) in [6.07, 6.45) is 3.43. The van der Waals surface area contributed by atoms with E-state index in [-0.39, 0.29) is 0 Å². The maximum atomic E-state index is 6.07. The zero-order chi connectivity index (χ0) is 18.8. The average molecular weight is 386 g/mol. The van der Waals surface area contributed by atoms with E-state index in [0.29, 0.717) is 6.04 Å². The molecule has 1 aromatic heterocycles. The number of nitrogens with zero attached hydrogens (tertiary/aromatic N) is 4. The Hall–Kier alpha value is -1.69. The van der Waals surface area contributed by atoms with Gasteiger partial charge in [0, 0.05) is 41.8 Å². The molecule has 1 saturated heterocycles. The number of halogens is 1. The first-order valence-corrected chi connectivity index (χ1v) is 10.3. The molecule has 0 aliphatic carbocycles. The molecule has 27 heavy (non-hydrogen) atoms. The van der Waals surface area contributed by atoms with Gasteiger partial charge in [0.1, 0.15) is 0 Å². The van der Waals surface area contributed by atoms with Crippen LogP contribution in [0.4, 0.5) is 5.82 Å². The van der Waals surface area contributed by atoms with Gasteiger partial charge in [-0.3, -0.25) is 4.90 Å². The molecule has 2 aromatic rings. The number of aromatic nitrogens is 2. The zero-order valence-corrected chi connectivity index (χ0v) is 17.0. The molecule has 1 atom stereocenters. The van der Waals surface area contributed by atoms with Crippen molar-refractivity contribution in [2.45, 2.75) is 38.8 Å². The van der Waals surface area contributed by atoms with Crippen LogP contribution >= 0.6 is 11.6 Å². The lowest BCUT2D eigenvalue weighted by Gasteiger charge is -2.33. The van der Waals surface area contributed by atoms with Crippen LogP contribution in [0.3, 0.4) is 0 Å². The first kappa shape index (κ1) is 18.7. The summed E-state index contributed by atoms with van der Waals surface area (Å²) in [5.41, 5.74) is 4.75. The van der Waals surface area contributed by atoms with Crippen molar-refractivity contribution in [3.63, 3.8) is 0 Å².